The second-order valence-electron chi connectivity index (χ2n) is 5.37. The summed E-state index contributed by atoms with van der Waals surface area (Å²) in [5.74, 6) is 0.984. The molecule has 2 rings (SSSR count). The van der Waals surface area contributed by atoms with Crippen molar-refractivity contribution >= 4 is 32.7 Å². The van der Waals surface area contributed by atoms with E-state index in [1.54, 1.807) is 36.4 Å². The van der Waals surface area contributed by atoms with Gasteiger partial charge in [0.1, 0.15) is 16.4 Å². The molecule has 2 aromatic rings. The van der Waals surface area contributed by atoms with Crippen LogP contribution < -0.4 is 8.92 Å². The van der Waals surface area contributed by atoms with Crippen molar-refractivity contribution in [2.75, 3.05) is 6.61 Å². The molecule has 0 amide bonds. The molecule has 0 heterocycles. The average molecular weight is 460 g/mol. The van der Waals surface area contributed by atoms with Crippen LogP contribution in [0.3, 0.4) is 0 Å². The number of hydrogen-bond acceptors (Lipinski definition) is 4. The number of benzene rings is 2. The molecule has 4 nitrogen and oxygen atoms in total. The molecule has 0 saturated carbocycles. The quantitative estimate of drug-likeness (QED) is 0.300. The number of halogens is 1. The smallest absolute Gasteiger partial charge is 0.339 e. The molecule has 0 aromatic heterocycles. The van der Waals surface area contributed by atoms with Crippen molar-refractivity contribution in [3.8, 4) is 11.5 Å². The standard InChI is InChI=1S/C18H21IO4S/c1-2-3-4-5-14-22-16-8-10-17(11-9-16)23-24(20,21)18-12-6-15(19)7-13-18/h6-13H,2-5,14H2,1H3. The van der Waals surface area contributed by atoms with Crippen molar-refractivity contribution in [1.82, 2.24) is 0 Å². The summed E-state index contributed by atoms with van der Waals surface area (Å²) >= 11 is 2.12. The Kier molecular flexibility index (Phi) is 7.36. The van der Waals surface area contributed by atoms with E-state index in [4.69, 9.17) is 8.92 Å². The summed E-state index contributed by atoms with van der Waals surface area (Å²) in [6, 6.07) is 13.2. The molecule has 0 aliphatic rings. The number of ether oxygens (including phenoxy) is 1. The molecule has 0 radical (unpaired) electrons. The summed E-state index contributed by atoms with van der Waals surface area (Å²) in [7, 11) is -3.81. The van der Waals surface area contributed by atoms with E-state index in [1.165, 1.54) is 25.0 Å². The second-order valence-corrected chi connectivity index (χ2v) is 8.16. The Morgan fingerprint density at radius 1 is 0.875 bits per heavy atom. The molecule has 0 atom stereocenters. The van der Waals surface area contributed by atoms with Crippen molar-refractivity contribution < 1.29 is 17.3 Å². The lowest BCUT2D eigenvalue weighted by Gasteiger charge is -2.09. The Morgan fingerprint density at radius 3 is 2.12 bits per heavy atom. The minimum absolute atomic E-state index is 0.138. The fraction of sp³-hybridized carbons (Fsp3) is 0.333. The first-order valence-electron chi connectivity index (χ1n) is 7.94. The van der Waals surface area contributed by atoms with Gasteiger partial charge < -0.3 is 8.92 Å². The van der Waals surface area contributed by atoms with E-state index in [1.807, 2.05) is 0 Å². The van der Waals surface area contributed by atoms with E-state index in [0.717, 1.165) is 16.4 Å². The Bertz CT molecular complexity index is 725. The highest BCUT2D eigenvalue weighted by atomic mass is 127. The maximum Gasteiger partial charge on any atom is 0.339 e. The highest BCUT2D eigenvalue weighted by Crippen LogP contribution is 2.22. The lowest BCUT2D eigenvalue weighted by molar-refractivity contribution is 0.305. The van der Waals surface area contributed by atoms with E-state index in [0.29, 0.717) is 12.4 Å². The van der Waals surface area contributed by atoms with Crippen molar-refractivity contribution in [1.29, 1.82) is 0 Å². The van der Waals surface area contributed by atoms with E-state index in [-0.39, 0.29) is 10.6 Å². The monoisotopic (exact) mass is 460 g/mol. The van der Waals surface area contributed by atoms with E-state index >= 15 is 0 Å². The third-order valence-electron chi connectivity index (χ3n) is 3.40. The lowest BCUT2D eigenvalue weighted by atomic mass is 10.2. The SMILES string of the molecule is CCCCCCOc1ccc(OS(=O)(=O)c2ccc(I)cc2)cc1. The molecule has 0 spiro atoms. The summed E-state index contributed by atoms with van der Waals surface area (Å²) in [5, 5.41) is 0. The third kappa shape index (κ3) is 5.98. The van der Waals surface area contributed by atoms with Gasteiger partial charge in [0.25, 0.3) is 0 Å². The second kappa shape index (κ2) is 9.27. The van der Waals surface area contributed by atoms with Crippen LogP contribution in [0.2, 0.25) is 0 Å². The van der Waals surface area contributed by atoms with E-state index in [2.05, 4.69) is 29.5 Å². The molecular weight excluding hydrogens is 439 g/mol. The molecule has 6 heteroatoms. The maximum absolute atomic E-state index is 12.2. The van der Waals surface area contributed by atoms with Crippen LogP contribution in [0.25, 0.3) is 0 Å². The molecule has 0 N–H and O–H groups in total. The summed E-state index contributed by atoms with van der Waals surface area (Å²) in [6.07, 6.45) is 4.59. The van der Waals surface area contributed by atoms with Crippen molar-refractivity contribution in [2.45, 2.75) is 37.5 Å². The molecule has 0 unspecified atom stereocenters. The molecule has 130 valence electrons. The summed E-state index contributed by atoms with van der Waals surface area (Å²) in [4.78, 5) is 0.138. The van der Waals surface area contributed by atoms with Gasteiger partial charge in [0, 0.05) is 3.57 Å². The largest absolute Gasteiger partial charge is 0.494 e. The molecule has 24 heavy (non-hydrogen) atoms. The summed E-state index contributed by atoms with van der Waals surface area (Å²) < 4.78 is 36.2. The van der Waals surface area contributed by atoms with Crippen molar-refractivity contribution in [3.05, 3.63) is 52.1 Å². The maximum atomic E-state index is 12.2. The fourth-order valence-electron chi connectivity index (χ4n) is 2.09. The minimum atomic E-state index is -3.81. The highest BCUT2D eigenvalue weighted by Gasteiger charge is 2.16. The fourth-order valence-corrected chi connectivity index (χ4v) is 3.38. The van der Waals surface area contributed by atoms with Crippen LogP contribution in [-0.2, 0) is 10.1 Å². The average Bonchev–Trinajstić information content (AvgIpc) is 2.56. The zero-order valence-electron chi connectivity index (χ0n) is 13.6. The lowest BCUT2D eigenvalue weighted by Crippen LogP contribution is -2.09. The van der Waals surface area contributed by atoms with Gasteiger partial charge in [-0.25, -0.2) is 0 Å². The Morgan fingerprint density at radius 2 is 1.50 bits per heavy atom. The van der Waals surface area contributed by atoms with Crippen LogP contribution in [0.5, 0.6) is 11.5 Å². The predicted octanol–water partition coefficient (Wildman–Crippen LogP) is 5.02. The van der Waals surface area contributed by atoms with Crippen LogP contribution in [0, 0.1) is 3.57 Å². The van der Waals surface area contributed by atoms with Gasteiger partial charge in [0.15, 0.2) is 0 Å². The first-order valence-corrected chi connectivity index (χ1v) is 10.4. The highest BCUT2D eigenvalue weighted by molar-refractivity contribution is 14.1. The van der Waals surface area contributed by atoms with Gasteiger partial charge in [0.2, 0.25) is 0 Å². The number of hydrogen-bond donors (Lipinski definition) is 0. The molecule has 0 saturated heterocycles. The molecule has 0 aliphatic carbocycles. The summed E-state index contributed by atoms with van der Waals surface area (Å²) in [6.45, 7) is 2.84. The molecule has 2 aromatic carbocycles. The summed E-state index contributed by atoms with van der Waals surface area (Å²) in [5.41, 5.74) is 0. The number of rotatable bonds is 9. The third-order valence-corrected chi connectivity index (χ3v) is 5.38. The zero-order valence-corrected chi connectivity index (χ0v) is 16.5. The first-order chi connectivity index (χ1) is 11.5. The Balaban J connectivity index is 1.92. The zero-order chi connectivity index (χ0) is 17.4. The normalized spacial score (nSPS) is 11.2. The molecular formula is C18H21IO4S. The van der Waals surface area contributed by atoms with Crippen molar-refractivity contribution in [3.63, 3.8) is 0 Å². The van der Waals surface area contributed by atoms with Gasteiger partial charge in [-0.2, -0.15) is 8.42 Å². The van der Waals surface area contributed by atoms with Gasteiger partial charge in [-0.1, -0.05) is 26.2 Å². The Labute approximate surface area is 157 Å². The predicted molar refractivity (Wildman–Crippen MR) is 103 cm³/mol. The molecule has 0 fully saturated rings. The van der Waals surface area contributed by atoms with Crippen LogP contribution >= 0.6 is 22.6 Å². The van der Waals surface area contributed by atoms with Gasteiger partial charge in [-0.05, 0) is 77.5 Å². The first kappa shape index (κ1) is 19.1. The van der Waals surface area contributed by atoms with Crippen molar-refractivity contribution in [2.24, 2.45) is 0 Å². The molecule has 0 bridgehead atoms. The number of unbranched alkanes of at least 4 members (excludes halogenated alkanes) is 3. The van der Waals surface area contributed by atoms with Crippen LogP contribution in [0.15, 0.2) is 53.4 Å². The van der Waals surface area contributed by atoms with Gasteiger partial charge in [-0.15, -0.1) is 0 Å². The van der Waals surface area contributed by atoms with Crippen LogP contribution in [-0.4, -0.2) is 15.0 Å². The van der Waals surface area contributed by atoms with Gasteiger partial charge >= 0.3 is 10.1 Å². The minimum Gasteiger partial charge on any atom is -0.494 e. The van der Waals surface area contributed by atoms with E-state index < -0.39 is 10.1 Å². The molecule has 0 aliphatic heterocycles. The van der Waals surface area contributed by atoms with Gasteiger partial charge in [0.05, 0.1) is 6.61 Å². The van der Waals surface area contributed by atoms with Crippen LogP contribution in [0.4, 0.5) is 0 Å². The Hall–Kier alpha value is -1.28. The van der Waals surface area contributed by atoms with Crippen LogP contribution in [0.1, 0.15) is 32.6 Å². The van der Waals surface area contributed by atoms with E-state index in [9.17, 15) is 8.42 Å². The van der Waals surface area contributed by atoms with Gasteiger partial charge in [-0.3, -0.25) is 0 Å². The topological polar surface area (TPSA) is 52.6 Å².